The van der Waals surface area contributed by atoms with Gasteiger partial charge in [0.05, 0.1) is 6.20 Å². The number of carbonyl (C=O) groups excluding carboxylic acids is 1. The molecule has 4 nitrogen and oxygen atoms in total. The molecule has 0 aliphatic carbocycles. The highest BCUT2D eigenvalue weighted by Gasteiger charge is 2.18. The van der Waals surface area contributed by atoms with Crippen molar-refractivity contribution in [3.8, 4) is 11.5 Å². The van der Waals surface area contributed by atoms with Gasteiger partial charge < -0.3 is 9.32 Å². The highest BCUT2D eigenvalue weighted by molar-refractivity contribution is 6.03. The monoisotopic (exact) mass is 278 g/mol. The van der Waals surface area contributed by atoms with E-state index in [0.717, 1.165) is 11.3 Å². The Morgan fingerprint density at radius 2 is 1.62 bits per heavy atom. The van der Waals surface area contributed by atoms with Crippen LogP contribution in [0.5, 0.6) is 0 Å². The van der Waals surface area contributed by atoms with E-state index in [2.05, 4.69) is 4.98 Å². The third-order valence-corrected chi connectivity index (χ3v) is 3.19. The van der Waals surface area contributed by atoms with Crippen molar-refractivity contribution in [3.05, 3.63) is 72.6 Å². The van der Waals surface area contributed by atoms with Crippen LogP contribution in [0.15, 0.2) is 71.3 Å². The van der Waals surface area contributed by atoms with Gasteiger partial charge in [-0.3, -0.25) is 4.79 Å². The first-order chi connectivity index (χ1) is 10.3. The van der Waals surface area contributed by atoms with Gasteiger partial charge in [-0.15, -0.1) is 0 Å². The van der Waals surface area contributed by atoms with Crippen LogP contribution < -0.4 is 4.90 Å². The molecule has 0 unspecified atom stereocenters. The van der Waals surface area contributed by atoms with Gasteiger partial charge in [-0.25, -0.2) is 4.98 Å². The van der Waals surface area contributed by atoms with Crippen LogP contribution in [0.25, 0.3) is 11.5 Å². The van der Waals surface area contributed by atoms with E-state index in [1.54, 1.807) is 7.05 Å². The normalized spacial score (nSPS) is 10.3. The van der Waals surface area contributed by atoms with Gasteiger partial charge in [0.1, 0.15) is 0 Å². The molecule has 0 N–H and O–H groups in total. The van der Waals surface area contributed by atoms with Crippen LogP contribution in [-0.4, -0.2) is 17.9 Å². The highest BCUT2D eigenvalue weighted by atomic mass is 16.4. The lowest BCUT2D eigenvalue weighted by Crippen LogP contribution is -2.25. The topological polar surface area (TPSA) is 46.3 Å². The minimum Gasteiger partial charge on any atom is -0.431 e. The number of nitrogens with zero attached hydrogens (tertiary/aromatic N) is 2. The number of oxazole rings is 1. The summed E-state index contributed by atoms with van der Waals surface area (Å²) >= 11 is 0. The Kier molecular flexibility index (Phi) is 3.51. The number of benzene rings is 2. The van der Waals surface area contributed by atoms with Gasteiger partial charge in [-0.2, -0.15) is 0 Å². The fourth-order valence-corrected chi connectivity index (χ4v) is 2.02. The molecule has 3 rings (SSSR count). The van der Waals surface area contributed by atoms with Crippen molar-refractivity contribution < 1.29 is 9.21 Å². The molecular formula is C17H14N2O2. The Morgan fingerprint density at radius 3 is 2.29 bits per heavy atom. The van der Waals surface area contributed by atoms with Crippen LogP contribution in [0.4, 0.5) is 5.69 Å². The molecule has 1 aromatic heterocycles. The SMILES string of the molecule is CN(C(=O)c1cnc(-c2ccccc2)o1)c1ccccc1. The molecule has 0 fully saturated rings. The summed E-state index contributed by atoms with van der Waals surface area (Å²) in [5.41, 5.74) is 1.65. The Bertz CT molecular complexity index is 736. The predicted molar refractivity (Wildman–Crippen MR) is 81.1 cm³/mol. The Hall–Kier alpha value is -2.88. The average molecular weight is 278 g/mol. The molecular weight excluding hydrogens is 264 g/mol. The lowest BCUT2D eigenvalue weighted by Gasteiger charge is -2.15. The number of amides is 1. The van der Waals surface area contributed by atoms with E-state index in [0.29, 0.717) is 5.89 Å². The maximum absolute atomic E-state index is 12.4. The van der Waals surface area contributed by atoms with Crippen molar-refractivity contribution in [2.75, 3.05) is 11.9 Å². The summed E-state index contributed by atoms with van der Waals surface area (Å²) in [6.45, 7) is 0. The summed E-state index contributed by atoms with van der Waals surface area (Å²) in [6, 6.07) is 18.9. The summed E-state index contributed by atoms with van der Waals surface area (Å²) < 4.78 is 5.57. The zero-order chi connectivity index (χ0) is 14.7. The molecule has 0 saturated heterocycles. The summed E-state index contributed by atoms with van der Waals surface area (Å²) in [7, 11) is 1.71. The molecule has 1 heterocycles. The van der Waals surface area contributed by atoms with Crippen molar-refractivity contribution in [1.29, 1.82) is 0 Å². The number of para-hydroxylation sites is 1. The zero-order valence-electron chi connectivity index (χ0n) is 11.6. The van der Waals surface area contributed by atoms with Gasteiger partial charge in [0.15, 0.2) is 0 Å². The minimum atomic E-state index is -0.226. The molecule has 3 aromatic rings. The van der Waals surface area contributed by atoms with Crippen molar-refractivity contribution in [2.24, 2.45) is 0 Å². The fraction of sp³-hybridized carbons (Fsp3) is 0.0588. The number of rotatable bonds is 3. The van der Waals surface area contributed by atoms with Gasteiger partial charge in [-0.05, 0) is 24.3 Å². The first-order valence-electron chi connectivity index (χ1n) is 6.60. The van der Waals surface area contributed by atoms with Gasteiger partial charge in [0.2, 0.25) is 11.7 Å². The first kappa shape index (κ1) is 13.1. The smallest absolute Gasteiger partial charge is 0.295 e. The molecule has 2 aromatic carbocycles. The molecule has 0 radical (unpaired) electrons. The molecule has 0 atom stereocenters. The van der Waals surface area contributed by atoms with E-state index >= 15 is 0 Å². The van der Waals surface area contributed by atoms with E-state index in [1.807, 2.05) is 60.7 Å². The molecule has 1 amide bonds. The maximum Gasteiger partial charge on any atom is 0.295 e. The summed E-state index contributed by atoms with van der Waals surface area (Å²) in [5, 5.41) is 0. The highest BCUT2D eigenvalue weighted by Crippen LogP contribution is 2.21. The molecule has 0 saturated carbocycles. The van der Waals surface area contributed by atoms with Crippen molar-refractivity contribution in [3.63, 3.8) is 0 Å². The number of carbonyl (C=O) groups is 1. The summed E-state index contributed by atoms with van der Waals surface area (Å²) in [5.74, 6) is 0.441. The lowest BCUT2D eigenvalue weighted by atomic mass is 10.2. The minimum absolute atomic E-state index is 0.222. The van der Waals surface area contributed by atoms with Crippen LogP contribution in [-0.2, 0) is 0 Å². The van der Waals surface area contributed by atoms with Crippen LogP contribution >= 0.6 is 0 Å². The van der Waals surface area contributed by atoms with Gasteiger partial charge in [0.25, 0.3) is 5.91 Å². The van der Waals surface area contributed by atoms with Crippen LogP contribution in [0.1, 0.15) is 10.6 Å². The molecule has 0 bridgehead atoms. The molecule has 0 spiro atoms. The summed E-state index contributed by atoms with van der Waals surface area (Å²) in [6.07, 6.45) is 1.46. The van der Waals surface area contributed by atoms with Crippen molar-refractivity contribution in [1.82, 2.24) is 4.98 Å². The van der Waals surface area contributed by atoms with E-state index in [1.165, 1.54) is 11.1 Å². The number of anilines is 1. The number of aromatic nitrogens is 1. The Morgan fingerprint density at radius 1 is 1.00 bits per heavy atom. The molecule has 21 heavy (non-hydrogen) atoms. The van der Waals surface area contributed by atoms with E-state index in [9.17, 15) is 4.79 Å². The maximum atomic E-state index is 12.4. The standard InChI is InChI=1S/C17H14N2O2/c1-19(14-10-6-3-7-11-14)17(20)15-12-18-16(21-15)13-8-4-2-5-9-13/h2-12H,1H3. The molecule has 0 aliphatic rings. The van der Waals surface area contributed by atoms with Gasteiger partial charge >= 0.3 is 0 Å². The fourth-order valence-electron chi connectivity index (χ4n) is 2.02. The molecule has 104 valence electrons. The van der Waals surface area contributed by atoms with Crippen molar-refractivity contribution in [2.45, 2.75) is 0 Å². The van der Waals surface area contributed by atoms with Gasteiger partial charge in [0, 0.05) is 18.3 Å². The predicted octanol–water partition coefficient (Wildman–Crippen LogP) is 3.62. The second kappa shape index (κ2) is 5.63. The summed E-state index contributed by atoms with van der Waals surface area (Å²) in [4.78, 5) is 18.1. The number of hydrogen-bond acceptors (Lipinski definition) is 3. The molecule has 4 heteroatoms. The third-order valence-electron chi connectivity index (χ3n) is 3.19. The van der Waals surface area contributed by atoms with Crippen LogP contribution in [0, 0.1) is 0 Å². The lowest BCUT2D eigenvalue weighted by molar-refractivity contribution is 0.0967. The van der Waals surface area contributed by atoms with Gasteiger partial charge in [-0.1, -0.05) is 36.4 Å². The van der Waals surface area contributed by atoms with Crippen LogP contribution in [0.2, 0.25) is 0 Å². The van der Waals surface area contributed by atoms with E-state index < -0.39 is 0 Å². The second-order valence-corrected chi connectivity index (χ2v) is 4.60. The van der Waals surface area contributed by atoms with E-state index in [4.69, 9.17) is 4.42 Å². The Labute approximate surface area is 122 Å². The largest absolute Gasteiger partial charge is 0.431 e. The zero-order valence-corrected chi connectivity index (χ0v) is 11.6. The molecule has 0 aliphatic heterocycles. The quantitative estimate of drug-likeness (QED) is 0.735. The second-order valence-electron chi connectivity index (χ2n) is 4.60. The first-order valence-corrected chi connectivity index (χ1v) is 6.60. The Balaban J connectivity index is 1.85. The average Bonchev–Trinajstić information content (AvgIpc) is 3.05. The number of hydrogen-bond donors (Lipinski definition) is 0. The van der Waals surface area contributed by atoms with E-state index in [-0.39, 0.29) is 11.7 Å². The van der Waals surface area contributed by atoms with Crippen LogP contribution in [0.3, 0.4) is 0 Å². The van der Waals surface area contributed by atoms with Crippen molar-refractivity contribution >= 4 is 11.6 Å². The third kappa shape index (κ3) is 2.69.